The highest BCUT2D eigenvalue weighted by molar-refractivity contribution is 5.84. The molecular formula is C19H18F2. The Morgan fingerprint density at radius 2 is 1.86 bits per heavy atom. The second kappa shape index (κ2) is 5.80. The maximum Gasteiger partial charge on any atom is 0.130 e. The molecule has 2 aromatic rings. The topological polar surface area (TPSA) is 0 Å². The molecule has 0 fully saturated rings. The molecule has 0 aromatic heterocycles. The molecule has 0 spiro atoms. The van der Waals surface area contributed by atoms with Crippen LogP contribution >= 0.6 is 0 Å². The van der Waals surface area contributed by atoms with Gasteiger partial charge in [0.2, 0.25) is 0 Å². The van der Waals surface area contributed by atoms with Gasteiger partial charge in [0.05, 0.1) is 0 Å². The Morgan fingerprint density at radius 1 is 1.00 bits per heavy atom. The predicted molar refractivity (Wildman–Crippen MR) is 83.0 cm³/mol. The van der Waals surface area contributed by atoms with Gasteiger partial charge in [-0.05, 0) is 59.7 Å². The second-order valence-corrected chi connectivity index (χ2v) is 5.58. The van der Waals surface area contributed by atoms with E-state index in [0.717, 1.165) is 47.9 Å². The van der Waals surface area contributed by atoms with E-state index in [4.69, 9.17) is 0 Å². The van der Waals surface area contributed by atoms with Crippen molar-refractivity contribution < 1.29 is 8.78 Å². The minimum Gasteiger partial charge on any atom is -0.207 e. The third kappa shape index (κ3) is 2.90. The van der Waals surface area contributed by atoms with E-state index in [2.05, 4.69) is 6.92 Å². The third-order valence-electron chi connectivity index (χ3n) is 4.02. The monoisotopic (exact) mass is 284 g/mol. The van der Waals surface area contributed by atoms with Crippen LogP contribution in [-0.2, 0) is 12.8 Å². The normalized spacial score (nSPS) is 13.8. The summed E-state index contributed by atoms with van der Waals surface area (Å²) in [5, 5.41) is 0. The van der Waals surface area contributed by atoms with Gasteiger partial charge in [-0.3, -0.25) is 0 Å². The average Bonchev–Trinajstić information content (AvgIpc) is 2.47. The number of fused-ring (bicyclic) bond motifs is 1. The van der Waals surface area contributed by atoms with Gasteiger partial charge in [-0.2, -0.15) is 0 Å². The highest BCUT2D eigenvalue weighted by Crippen LogP contribution is 2.32. The van der Waals surface area contributed by atoms with Crippen molar-refractivity contribution in [2.24, 2.45) is 0 Å². The number of rotatable bonds is 3. The van der Waals surface area contributed by atoms with Gasteiger partial charge in [-0.25, -0.2) is 8.78 Å². The van der Waals surface area contributed by atoms with E-state index in [-0.39, 0.29) is 11.6 Å². The first kappa shape index (κ1) is 14.0. The van der Waals surface area contributed by atoms with Crippen molar-refractivity contribution >= 4 is 11.6 Å². The first-order valence-electron chi connectivity index (χ1n) is 7.45. The zero-order valence-electron chi connectivity index (χ0n) is 12.1. The number of hydrogen-bond donors (Lipinski definition) is 0. The molecule has 1 aliphatic rings. The summed E-state index contributed by atoms with van der Waals surface area (Å²) in [4.78, 5) is 0. The molecular weight excluding hydrogens is 266 g/mol. The molecule has 1 aliphatic carbocycles. The molecule has 21 heavy (non-hydrogen) atoms. The maximum absolute atomic E-state index is 14.3. The average molecular weight is 284 g/mol. The van der Waals surface area contributed by atoms with Gasteiger partial charge in [0.15, 0.2) is 0 Å². The van der Waals surface area contributed by atoms with Gasteiger partial charge < -0.3 is 0 Å². The van der Waals surface area contributed by atoms with E-state index in [1.165, 1.54) is 6.07 Å². The molecule has 3 rings (SSSR count). The van der Waals surface area contributed by atoms with Crippen LogP contribution in [-0.4, -0.2) is 0 Å². The van der Waals surface area contributed by atoms with Crippen LogP contribution in [0, 0.1) is 11.6 Å². The Labute approximate surface area is 124 Å². The van der Waals surface area contributed by atoms with Gasteiger partial charge in [-0.1, -0.05) is 37.6 Å². The lowest BCUT2D eigenvalue weighted by molar-refractivity contribution is 0.619. The van der Waals surface area contributed by atoms with Gasteiger partial charge >= 0.3 is 0 Å². The fraction of sp³-hybridized carbons (Fsp3) is 0.263. The molecule has 0 amide bonds. The summed E-state index contributed by atoms with van der Waals surface area (Å²) in [6.45, 7) is 2.09. The van der Waals surface area contributed by atoms with Crippen molar-refractivity contribution in [1.82, 2.24) is 0 Å². The molecule has 0 heterocycles. The summed E-state index contributed by atoms with van der Waals surface area (Å²) in [7, 11) is 0. The highest BCUT2D eigenvalue weighted by Gasteiger charge is 2.15. The molecule has 0 N–H and O–H groups in total. The van der Waals surface area contributed by atoms with Gasteiger partial charge in [0.1, 0.15) is 11.6 Å². The Kier molecular flexibility index (Phi) is 3.87. The van der Waals surface area contributed by atoms with Crippen molar-refractivity contribution in [3.8, 4) is 0 Å². The summed E-state index contributed by atoms with van der Waals surface area (Å²) in [5.74, 6) is -0.363. The number of benzene rings is 2. The van der Waals surface area contributed by atoms with Crippen LogP contribution in [0.5, 0.6) is 0 Å². The van der Waals surface area contributed by atoms with Gasteiger partial charge in [-0.15, -0.1) is 0 Å². The van der Waals surface area contributed by atoms with Crippen molar-refractivity contribution in [3.63, 3.8) is 0 Å². The number of allylic oxidation sites excluding steroid dienone is 1. The van der Waals surface area contributed by atoms with Crippen molar-refractivity contribution in [2.45, 2.75) is 32.6 Å². The van der Waals surface area contributed by atoms with E-state index in [1.807, 2.05) is 18.2 Å². The van der Waals surface area contributed by atoms with Crippen LogP contribution < -0.4 is 0 Å². The molecule has 0 radical (unpaired) electrons. The zero-order chi connectivity index (χ0) is 14.8. The molecule has 0 saturated heterocycles. The smallest absolute Gasteiger partial charge is 0.130 e. The van der Waals surface area contributed by atoms with E-state index in [1.54, 1.807) is 18.2 Å². The zero-order valence-corrected chi connectivity index (χ0v) is 12.1. The SMILES string of the molecule is CCCc1ccc(C2=Cc3ccc(F)cc3CC2)c(F)c1. The standard InChI is InChI=1S/C19H18F2/c1-2-3-13-4-9-18(19(21)10-13)16-6-5-15-12-17(20)8-7-14(15)11-16/h4,7-12H,2-3,5-6H2,1H3. The lowest BCUT2D eigenvalue weighted by atomic mass is 9.88. The second-order valence-electron chi connectivity index (χ2n) is 5.58. The lowest BCUT2D eigenvalue weighted by Crippen LogP contribution is -2.01. The highest BCUT2D eigenvalue weighted by atomic mass is 19.1. The fourth-order valence-electron chi connectivity index (χ4n) is 2.94. The van der Waals surface area contributed by atoms with E-state index in [9.17, 15) is 8.78 Å². The molecule has 0 saturated carbocycles. The largest absolute Gasteiger partial charge is 0.207 e. The first-order valence-corrected chi connectivity index (χ1v) is 7.45. The first-order chi connectivity index (χ1) is 10.2. The molecule has 0 unspecified atom stereocenters. The molecule has 2 aromatic carbocycles. The van der Waals surface area contributed by atoms with Crippen LogP contribution in [0.15, 0.2) is 36.4 Å². The van der Waals surface area contributed by atoms with E-state index in [0.29, 0.717) is 5.56 Å². The number of aryl methyl sites for hydroxylation is 2. The Hall–Kier alpha value is -1.96. The van der Waals surface area contributed by atoms with Crippen molar-refractivity contribution in [3.05, 3.63) is 70.3 Å². The van der Waals surface area contributed by atoms with Gasteiger partial charge in [0.25, 0.3) is 0 Å². The lowest BCUT2D eigenvalue weighted by Gasteiger charge is -2.17. The van der Waals surface area contributed by atoms with Crippen LogP contribution in [0.3, 0.4) is 0 Å². The third-order valence-corrected chi connectivity index (χ3v) is 4.02. The Morgan fingerprint density at radius 3 is 2.62 bits per heavy atom. The van der Waals surface area contributed by atoms with Gasteiger partial charge in [0, 0.05) is 5.56 Å². The fourth-order valence-corrected chi connectivity index (χ4v) is 2.94. The quantitative estimate of drug-likeness (QED) is 0.707. The van der Waals surface area contributed by atoms with Crippen LogP contribution in [0.1, 0.15) is 42.0 Å². The van der Waals surface area contributed by atoms with Crippen molar-refractivity contribution in [1.29, 1.82) is 0 Å². The summed E-state index contributed by atoms with van der Waals surface area (Å²) in [5.41, 5.74) is 4.70. The predicted octanol–water partition coefficient (Wildman–Crippen LogP) is 5.40. The van der Waals surface area contributed by atoms with Crippen LogP contribution in [0.4, 0.5) is 8.78 Å². The molecule has 0 atom stereocenters. The summed E-state index contributed by atoms with van der Waals surface area (Å²) >= 11 is 0. The number of halogens is 2. The van der Waals surface area contributed by atoms with Crippen LogP contribution in [0.2, 0.25) is 0 Å². The van der Waals surface area contributed by atoms with Crippen LogP contribution in [0.25, 0.3) is 11.6 Å². The molecule has 0 nitrogen and oxygen atoms in total. The van der Waals surface area contributed by atoms with Crippen molar-refractivity contribution in [2.75, 3.05) is 0 Å². The summed E-state index contributed by atoms with van der Waals surface area (Å²) < 4.78 is 27.5. The molecule has 0 aliphatic heterocycles. The number of hydrogen-bond acceptors (Lipinski definition) is 0. The minimum absolute atomic E-state index is 0.155. The molecule has 2 heteroatoms. The summed E-state index contributed by atoms with van der Waals surface area (Å²) in [6.07, 6.45) is 5.41. The summed E-state index contributed by atoms with van der Waals surface area (Å²) in [6, 6.07) is 10.3. The van der Waals surface area contributed by atoms with E-state index < -0.39 is 0 Å². The van der Waals surface area contributed by atoms with E-state index >= 15 is 0 Å². The minimum atomic E-state index is -0.208. The molecule has 108 valence electrons. The Bertz CT molecular complexity index is 699. The maximum atomic E-state index is 14.3. The Balaban J connectivity index is 1.96. The molecule has 0 bridgehead atoms.